The van der Waals surface area contributed by atoms with E-state index in [0.717, 1.165) is 47.2 Å². The second-order valence-corrected chi connectivity index (χ2v) is 9.12. The van der Waals surface area contributed by atoms with Gasteiger partial charge in [-0.25, -0.2) is 14.4 Å². The standard InChI is InChI=1S/C23H23FN8O/c1-10-27-7-13(8-28-10)33-23-30-21-19-18-14(15(24)5-16(25-2)20(18)29-21)4-12-3-11-6-26-9-17(11)32(12)22(19)31-23/h5,7-8,11-12,17,25-26H,3-4,6,9H2,1-2H3,(H,29,30,31)/t11-,12-,17+/m1/s1. The number of anilines is 2. The van der Waals surface area contributed by atoms with Gasteiger partial charge in [0.25, 0.3) is 0 Å². The van der Waals surface area contributed by atoms with Crippen molar-refractivity contribution in [2.75, 3.05) is 30.4 Å². The number of benzene rings is 1. The van der Waals surface area contributed by atoms with Crippen LogP contribution in [0.2, 0.25) is 0 Å². The summed E-state index contributed by atoms with van der Waals surface area (Å²) in [5.41, 5.74) is 2.92. The van der Waals surface area contributed by atoms with E-state index in [0.29, 0.717) is 41.3 Å². The second kappa shape index (κ2) is 6.74. The Balaban J connectivity index is 1.49. The van der Waals surface area contributed by atoms with Crippen LogP contribution >= 0.6 is 0 Å². The van der Waals surface area contributed by atoms with Crippen molar-refractivity contribution in [2.24, 2.45) is 5.92 Å². The average molecular weight is 446 g/mol. The van der Waals surface area contributed by atoms with Crippen molar-refractivity contribution in [3.63, 3.8) is 0 Å². The Labute approximate surface area is 188 Å². The fourth-order valence-electron chi connectivity index (χ4n) is 5.90. The van der Waals surface area contributed by atoms with E-state index in [4.69, 9.17) is 9.72 Å². The third-order valence-corrected chi connectivity index (χ3v) is 7.29. The molecule has 0 saturated carbocycles. The number of hydrogen-bond acceptors (Lipinski definition) is 8. The summed E-state index contributed by atoms with van der Waals surface area (Å²) < 4.78 is 21.3. The van der Waals surface area contributed by atoms with Crippen LogP contribution < -0.4 is 20.3 Å². The molecular weight excluding hydrogens is 423 g/mol. The maximum Gasteiger partial charge on any atom is 0.326 e. The molecule has 33 heavy (non-hydrogen) atoms. The van der Waals surface area contributed by atoms with Crippen molar-refractivity contribution in [3.8, 4) is 11.8 Å². The van der Waals surface area contributed by atoms with E-state index < -0.39 is 0 Å². The zero-order chi connectivity index (χ0) is 22.3. The predicted octanol–water partition coefficient (Wildman–Crippen LogP) is 2.91. The number of aromatic amines is 1. The molecular formula is C23H23FN8O. The third kappa shape index (κ3) is 2.67. The average Bonchev–Trinajstić information content (AvgIpc) is 3.47. The van der Waals surface area contributed by atoms with Crippen molar-refractivity contribution in [3.05, 3.63) is 35.7 Å². The Morgan fingerprint density at radius 3 is 2.85 bits per heavy atom. The lowest BCUT2D eigenvalue weighted by Gasteiger charge is -2.30. The highest BCUT2D eigenvalue weighted by Gasteiger charge is 2.47. The Morgan fingerprint density at radius 2 is 2.03 bits per heavy atom. The molecule has 3 N–H and O–H groups in total. The smallest absolute Gasteiger partial charge is 0.326 e. The first-order chi connectivity index (χ1) is 16.1. The molecule has 3 aliphatic heterocycles. The van der Waals surface area contributed by atoms with Gasteiger partial charge in [0, 0.05) is 43.2 Å². The normalized spacial score (nSPS) is 23.2. The highest BCUT2D eigenvalue weighted by Crippen LogP contribution is 2.47. The van der Waals surface area contributed by atoms with E-state index in [-0.39, 0.29) is 17.9 Å². The van der Waals surface area contributed by atoms with Crippen LogP contribution in [0.15, 0.2) is 18.5 Å². The van der Waals surface area contributed by atoms with Crippen molar-refractivity contribution in [1.82, 2.24) is 30.2 Å². The summed E-state index contributed by atoms with van der Waals surface area (Å²) in [6.07, 6.45) is 4.88. The summed E-state index contributed by atoms with van der Waals surface area (Å²) in [7, 11) is 1.80. The van der Waals surface area contributed by atoms with E-state index in [9.17, 15) is 0 Å². The Hall–Kier alpha value is -3.53. The van der Waals surface area contributed by atoms with Gasteiger partial charge in [0.05, 0.1) is 29.0 Å². The highest BCUT2D eigenvalue weighted by atomic mass is 19.1. The first kappa shape index (κ1) is 19.0. The number of hydrogen-bond donors (Lipinski definition) is 3. The molecule has 3 atom stereocenters. The molecule has 0 amide bonds. The SMILES string of the molecule is CNc1cc(F)c2c3c1[nH]c1nc(Oc4cnc(C)nc4)nc(c13)N1[C@@H](C2)C[C@@H]2CNC[C@@H]21. The summed E-state index contributed by atoms with van der Waals surface area (Å²) in [5.74, 6) is 2.27. The van der Waals surface area contributed by atoms with Crippen LogP contribution in [0.4, 0.5) is 15.9 Å². The number of nitrogens with one attached hydrogen (secondary N) is 3. The molecule has 2 saturated heterocycles. The third-order valence-electron chi connectivity index (χ3n) is 7.29. The van der Waals surface area contributed by atoms with Crippen LogP contribution in [-0.2, 0) is 6.42 Å². The summed E-state index contributed by atoms with van der Waals surface area (Å²) in [5, 5.41) is 8.36. The summed E-state index contributed by atoms with van der Waals surface area (Å²) in [6, 6.07) is 2.30. The lowest BCUT2D eigenvalue weighted by Crippen LogP contribution is -2.40. The molecule has 2 fully saturated rings. The maximum absolute atomic E-state index is 15.4. The van der Waals surface area contributed by atoms with Gasteiger partial charge in [0.15, 0.2) is 5.75 Å². The van der Waals surface area contributed by atoms with Gasteiger partial charge in [0.1, 0.15) is 23.1 Å². The van der Waals surface area contributed by atoms with Crippen LogP contribution in [-0.4, -0.2) is 57.1 Å². The summed E-state index contributed by atoms with van der Waals surface area (Å²) >= 11 is 0. The number of H-pyrrole nitrogens is 1. The summed E-state index contributed by atoms with van der Waals surface area (Å²) in [4.78, 5) is 23.8. The molecule has 0 aliphatic carbocycles. The fraction of sp³-hybridized carbons (Fsp3) is 0.391. The zero-order valence-corrected chi connectivity index (χ0v) is 18.3. The highest BCUT2D eigenvalue weighted by molar-refractivity contribution is 6.16. The van der Waals surface area contributed by atoms with Crippen LogP contribution in [0.3, 0.4) is 0 Å². The minimum absolute atomic E-state index is 0.182. The Morgan fingerprint density at radius 1 is 1.18 bits per heavy atom. The Kier molecular flexibility index (Phi) is 3.88. The molecule has 0 radical (unpaired) electrons. The fourth-order valence-corrected chi connectivity index (χ4v) is 5.90. The molecule has 9 nitrogen and oxygen atoms in total. The van der Waals surface area contributed by atoms with Gasteiger partial charge in [0.2, 0.25) is 0 Å². The molecule has 4 aromatic rings. The quantitative estimate of drug-likeness (QED) is 0.441. The van der Waals surface area contributed by atoms with Crippen LogP contribution in [0.5, 0.6) is 11.8 Å². The van der Waals surface area contributed by atoms with Gasteiger partial charge in [-0.05, 0) is 31.7 Å². The molecule has 0 spiro atoms. The largest absolute Gasteiger partial charge is 0.421 e. The van der Waals surface area contributed by atoms with Gasteiger partial charge < -0.3 is 25.3 Å². The van der Waals surface area contributed by atoms with Crippen LogP contribution in [0.1, 0.15) is 17.8 Å². The molecule has 6 heterocycles. The first-order valence-corrected chi connectivity index (χ1v) is 11.3. The first-order valence-electron chi connectivity index (χ1n) is 11.3. The Bertz CT molecular complexity index is 1420. The number of halogens is 1. The van der Waals surface area contributed by atoms with E-state index in [2.05, 4.69) is 35.5 Å². The minimum atomic E-state index is -0.187. The molecule has 10 heteroatoms. The minimum Gasteiger partial charge on any atom is -0.421 e. The van der Waals surface area contributed by atoms with E-state index in [1.165, 1.54) is 0 Å². The van der Waals surface area contributed by atoms with Crippen LogP contribution in [0, 0.1) is 18.7 Å². The number of nitrogens with zero attached hydrogens (tertiary/aromatic N) is 5. The number of rotatable bonds is 3. The molecule has 0 unspecified atom stereocenters. The van der Waals surface area contributed by atoms with Gasteiger partial charge >= 0.3 is 6.01 Å². The van der Waals surface area contributed by atoms with Gasteiger partial charge in [-0.3, -0.25) is 0 Å². The zero-order valence-electron chi connectivity index (χ0n) is 18.3. The molecule has 0 bridgehead atoms. The monoisotopic (exact) mass is 446 g/mol. The molecule has 3 aliphatic rings. The van der Waals surface area contributed by atoms with Crippen molar-refractivity contribution < 1.29 is 9.13 Å². The summed E-state index contributed by atoms with van der Waals surface area (Å²) in [6.45, 7) is 3.69. The number of fused-ring (bicyclic) bond motifs is 4. The maximum atomic E-state index is 15.4. The molecule has 1 aromatic carbocycles. The topological polar surface area (TPSA) is 104 Å². The number of aromatic nitrogens is 5. The van der Waals surface area contributed by atoms with E-state index in [1.54, 1.807) is 25.5 Å². The lowest BCUT2D eigenvalue weighted by atomic mass is 9.96. The number of aryl methyl sites for hydroxylation is 1. The van der Waals surface area contributed by atoms with Crippen molar-refractivity contribution in [1.29, 1.82) is 0 Å². The lowest BCUT2D eigenvalue weighted by molar-refractivity contribution is 0.438. The van der Waals surface area contributed by atoms with E-state index >= 15 is 4.39 Å². The van der Waals surface area contributed by atoms with Gasteiger partial charge in [-0.1, -0.05) is 0 Å². The molecule has 7 rings (SSSR count). The van der Waals surface area contributed by atoms with Crippen molar-refractivity contribution >= 4 is 33.4 Å². The second-order valence-electron chi connectivity index (χ2n) is 9.12. The predicted molar refractivity (Wildman–Crippen MR) is 122 cm³/mol. The molecule has 168 valence electrons. The van der Waals surface area contributed by atoms with Crippen molar-refractivity contribution in [2.45, 2.75) is 31.8 Å². The van der Waals surface area contributed by atoms with Gasteiger partial charge in [-0.15, -0.1) is 0 Å². The number of ether oxygens (including phenoxy) is 1. The van der Waals surface area contributed by atoms with Crippen LogP contribution in [0.25, 0.3) is 21.9 Å². The van der Waals surface area contributed by atoms with E-state index in [1.807, 2.05) is 6.92 Å². The molecule has 3 aromatic heterocycles. The van der Waals surface area contributed by atoms with Gasteiger partial charge in [-0.2, -0.15) is 9.97 Å².